The molecule has 0 aliphatic carbocycles. The highest BCUT2D eigenvalue weighted by Gasteiger charge is 2.08. The molecule has 0 aliphatic heterocycles. The van der Waals surface area contributed by atoms with Crippen LogP contribution in [-0.4, -0.2) is 10.5 Å². The molecular weight excluding hydrogens is 274 g/mol. The van der Waals surface area contributed by atoms with Gasteiger partial charge in [0.05, 0.1) is 0 Å². The number of nitrogen functional groups attached to an aromatic ring is 1. The lowest BCUT2D eigenvalue weighted by Gasteiger charge is -2.10. The number of aromatic nitrogens is 1. The van der Waals surface area contributed by atoms with Crippen LogP contribution in [0, 0.1) is 6.92 Å². The van der Waals surface area contributed by atoms with Crippen LogP contribution in [-0.2, 0) is 0 Å². The minimum absolute atomic E-state index is 0.132. The quantitative estimate of drug-likeness (QED) is 0.724. The molecule has 110 valence electrons. The summed E-state index contributed by atoms with van der Waals surface area (Å²) in [6.07, 6.45) is 3.93. The summed E-state index contributed by atoms with van der Waals surface area (Å²) in [5.74, 6) is -0.132. The highest BCUT2D eigenvalue weighted by atomic mass is 16.1. The van der Waals surface area contributed by atoms with E-state index in [9.17, 15) is 4.79 Å². The van der Waals surface area contributed by atoms with Gasteiger partial charge >= 0.3 is 0 Å². The minimum atomic E-state index is -0.132. The van der Waals surface area contributed by atoms with Crippen LogP contribution in [0.15, 0.2) is 67.0 Å². The van der Waals surface area contributed by atoms with Crippen molar-refractivity contribution in [1.82, 2.24) is 4.57 Å². The van der Waals surface area contributed by atoms with Crippen LogP contribution in [0.3, 0.4) is 0 Å². The maximum Gasteiger partial charge on any atom is 0.255 e. The van der Waals surface area contributed by atoms with Gasteiger partial charge in [0.2, 0.25) is 0 Å². The van der Waals surface area contributed by atoms with Crippen molar-refractivity contribution in [1.29, 1.82) is 0 Å². The molecule has 3 aromatic rings. The molecule has 3 N–H and O–H groups in total. The van der Waals surface area contributed by atoms with Gasteiger partial charge in [-0.1, -0.05) is 0 Å². The number of carbonyl (C=O) groups is 1. The highest BCUT2D eigenvalue weighted by molar-refractivity contribution is 6.04. The Morgan fingerprint density at radius 3 is 2.36 bits per heavy atom. The predicted molar refractivity (Wildman–Crippen MR) is 89.3 cm³/mol. The molecule has 1 aromatic heterocycles. The second-order valence-electron chi connectivity index (χ2n) is 5.17. The number of hydrogen-bond acceptors (Lipinski definition) is 2. The fraction of sp³-hybridized carbons (Fsp3) is 0.0556. The molecule has 2 aromatic carbocycles. The van der Waals surface area contributed by atoms with Crippen molar-refractivity contribution in [3.63, 3.8) is 0 Å². The molecule has 0 aliphatic rings. The maximum atomic E-state index is 12.3. The van der Waals surface area contributed by atoms with E-state index < -0.39 is 0 Å². The van der Waals surface area contributed by atoms with Crippen LogP contribution in [0.2, 0.25) is 0 Å². The van der Waals surface area contributed by atoms with Crippen molar-refractivity contribution < 1.29 is 4.79 Å². The maximum absolute atomic E-state index is 12.3. The molecule has 1 heterocycles. The first kappa shape index (κ1) is 13.9. The van der Waals surface area contributed by atoms with Gasteiger partial charge < -0.3 is 15.6 Å². The number of aryl methyl sites for hydroxylation is 1. The van der Waals surface area contributed by atoms with Crippen molar-refractivity contribution >= 4 is 17.3 Å². The summed E-state index contributed by atoms with van der Waals surface area (Å²) in [6.45, 7) is 1.92. The van der Waals surface area contributed by atoms with Gasteiger partial charge in [-0.2, -0.15) is 0 Å². The SMILES string of the molecule is Cc1cc(N)ccc1NC(=O)c1ccc(-n2cccc2)cc1. The van der Waals surface area contributed by atoms with E-state index >= 15 is 0 Å². The second kappa shape index (κ2) is 5.77. The van der Waals surface area contributed by atoms with Crippen LogP contribution in [0.25, 0.3) is 5.69 Å². The number of nitrogens with one attached hydrogen (secondary N) is 1. The molecule has 0 fully saturated rings. The lowest BCUT2D eigenvalue weighted by molar-refractivity contribution is 0.102. The first-order chi connectivity index (χ1) is 10.6. The zero-order valence-corrected chi connectivity index (χ0v) is 12.3. The van der Waals surface area contributed by atoms with Crippen LogP contribution in [0.1, 0.15) is 15.9 Å². The molecule has 0 atom stereocenters. The molecule has 4 nitrogen and oxygen atoms in total. The van der Waals surface area contributed by atoms with E-state index in [4.69, 9.17) is 5.73 Å². The van der Waals surface area contributed by atoms with Crippen molar-refractivity contribution in [2.24, 2.45) is 0 Å². The largest absolute Gasteiger partial charge is 0.399 e. The molecule has 22 heavy (non-hydrogen) atoms. The lowest BCUT2D eigenvalue weighted by Crippen LogP contribution is -2.12. The summed E-state index contributed by atoms with van der Waals surface area (Å²) in [5, 5.41) is 2.91. The number of hydrogen-bond donors (Lipinski definition) is 2. The van der Waals surface area contributed by atoms with Crippen molar-refractivity contribution in [3.8, 4) is 5.69 Å². The van der Waals surface area contributed by atoms with E-state index in [2.05, 4.69) is 5.32 Å². The Labute approximate surface area is 129 Å². The van der Waals surface area contributed by atoms with Gasteiger partial charge in [-0.25, -0.2) is 0 Å². The van der Waals surface area contributed by atoms with E-state index in [0.29, 0.717) is 11.3 Å². The van der Waals surface area contributed by atoms with Crippen LogP contribution < -0.4 is 11.1 Å². The standard InChI is InChI=1S/C18H17N3O/c1-13-12-15(19)6-9-17(13)20-18(22)14-4-7-16(8-5-14)21-10-2-3-11-21/h2-12H,19H2,1H3,(H,20,22). The summed E-state index contributed by atoms with van der Waals surface area (Å²) in [7, 11) is 0. The number of carbonyl (C=O) groups excluding carboxylic acids is 1. The van der Waals surface area contributed by atoms with E-state index in [1.807, 2.05) is 72.4 Å². The smallest absolute Gasteiger partial charge is 0.255 e. The van der Waals surface area contributed by atoms with E-state index in [1.165, 1.54) is 0 Å². The first-order valence-corrected chi connectivity index (χ1v) is 7.04. The Morgan fingerprint density at radius 1 is 1.05 bits per heavy atom. The summed E-state index contributed by atoms with van der Waals surface area (Å²) in [5.41, 5.74) is 9.75. The Balaban J connectivity index is 1.77. The van der Waals surface area contributed by atoms with Crippen LogP contribution in [0.4, 0.5) is 11.4 Å². The summed E-state index contributed by atoms with van der Waals surface area (Å²) in [6, 6.07) is 16.8. The molecule has 0 unspecified atom stereocenters. The Bertz CT molecular complexity index is 790. The third kappa shape index (κ3) is 2.86. The average molecular weight is 291 g/mol. The van der Waals surface area contributed by atoms with Crippen molar-refractivity contribution in [2.45, 2.75) is 6.92 Å². The summed E-state index contributed by atoms with van der Waals surface area (Å²) >= 11 is 0. The Morgan fingerprint density at radius 2 is 1.73 bits per heavy atom. The predicted octanol–water partition coefficient (Wildman–Crippen LogP) is 3.62. The molecule has 0 saturated heterocycles. The van der Waals surface area contributed by atoms with Crippen LogP contribution in [0.5, 0.6) is 0 Å². The third-order valence-corrected chi connectivity index (χ3v) is 3.53. The van der Waals surface area contributed by atoms with E-state index in [-0.39, 0.29) is 5.91 Å². The Kier molecular flexibility index (Phi) is 3.66. The van der Waals surface area contributed by atoms with Gasteiger partial charge in [0.15, 0.2) is 0 Å². The molecule has 1 amide bonds. The average Bonchev–Trinajstić information content (AvgIpc) is 3.04. The molecule has 0 radical (unpaired) electrons. The fourth-order valence-corrected chi connectivity index (χ4v) is 2.31. The number of amides is 1. The number of nitrogens with two attached hydrogens (primary N) is 1. The van der Waals surface area contributed by atoms with E-state index in [1.54, 1.807) is 6.07 Å². The highest BCUT2D eigenvalue weighted by Crippen LogP contribution is 2.19. The summed E-state index contributed by atoms with van der Waals surface area (Å²) in [4.78, 5) is 12.3. The van der Waals surface area contributed by atoms with Gasteiger partial charge in [0, 0.05) is 35.0 Å². The number of anilines is 2. The van der Waals surface area contributed by atoms with Crippen molar-refractivity contribution in [3.05, 3.63) is 78.1 Å². The van der Waals surface area contributed by atoms with E-state index in [0.717, 1.165) is 16.9 Å². The first-order valence-electron chi connectivity index (χ1n) is 7.04. The Hall–Kier alpha value is -3.01. The monoisotopic (exact) mass is 291 g/mol. The number of benzene rings is 2. The molecule has 0 spiro atoms. The van der Waals surface area contributed by atoms with Gasteiger partial charge in [0.1, 0.15) is 0 Å². The topological polar surface area (TPSA) is 60.0 Å². The lowest BCUT2D eigenvalue weighted by atomic mass is 10.1. The normalized spacial score (nSPS) is 10.4. The molecular formula is C18H17N3O. The van der Waals surface area contributed by atoms with Gasteiger partial charge in [0.25, 0.3) is 5.91 Å². The van der Waals surface area contributed by atoms with Gasteiger partial charge in [-0.3, -0.25) is 4.79 Å². The molecule has 3 rings (SSSR count). The van der Waals surface area contributed by atoms with Gasteiger partial charge in [-0.15, -0.1) is 0 Å². The van der Waals surface area contributed by atoms with Crippen molar-refractivity contribution in [2.75, 3.05) is 11.1 Å². The summed E-state index contributed by atoms with van der Waals surface area (Å²) < 4.78 is 1.99. The zero-order chi connectivity index (χ0) is 15.5. The van der Waals surface area contributed by atoms with Gasteiger partial charge in [-0.05, 0) is 67.1 Å². The number of nitrogens with zero attached hydrogens (tertiary/aromatic N) is 1. The molecule has 0 saturated carbocycles. The molecule has 4 heteroatoms. The molecule has 0 bridgehead atoms. The second-order valence-corrected chi connectivity index (χ2v) is 5.17. The number of rotatable bonds is 3. The minimum Gasteiger partial charge on any atom is -0.399 e. The fourth-order valence-electron chi connectivity index (χ4n) is 2.31. The third-order valence-electron chi connectivity index (χ3n) is 3.53. The zero-order valence-electron chi connectivity index (χ0n) is 12.3. The van der Waals surface area contributed by atoms with Crippen LogP contribution >= 0.6 is 0 Å².